The molecule has 1 unspecified atom stereocenters. The maximum absolute atomic E-state index is 11.4. The van der Waals surface area contributed by atoms with Gasteiger partial charge < -0.3 is 10.1 Å². The van der Waals surface area contributed by atoms with Crippen LogP contribution in [0.4, 0.5) is 0 Å². The van der Waals surface area contributed by atoms with Gasteiger partial charge in [0.1, 0.15) is 15.6 Å². The SMILES string of the molecule is CCNC1CCc2cc(OCCCS(=O)(=O)CC)ccc21. The van der Waals surface area contributed by atoms with E-state index < -0.39 is 9.84 Å². The highest BCUT2D eigenvalue weighted by Crippen LogP contribution is 2.33. The number of fused-ring (bicyclic) bond motifs is 1. The van der Waals surface area contributed by atoms with E-state index in [9.17, 15) is 8.42 Å². The lowest BCUT2D eigenvalue weighted by atomic mass is 10.1. The van der Waals surface area contributed by atoms with E-state index in [2.05, 4.69) is 24.4 Å². The second-order valence-electron chi connectivity index (χ2n) is 5.45. The van der Waals surface area contributed by atoms with Gasteiger partial charge in [-0.15, -0.1) is 0 Å². The van der Waals surface area contributed by atoms with E-state index in [1.54, 1.807) is 6.92 Å². The summed E-state index contributed by atoms with van der Waals surface area (Å²) in [5.74, 6) is 1.26. The number of nitrogens with one attached hydrogen (secondary N) is 1. The molecule has 0 spiro atoms. The van der Waals surface area contributed by atoms with E-state index in [-0.39, 0.29) is 11.5 Å². The molecule has 118 valence electrons. The molecule has 0 saturated carbocycles. The summed E-state index contributed by atoms with van der Waals surface area (Å²) in [5.41, 5.74) is 2.72. The Kier molecular flexibility index (Phi) is 5.65. The second kappa shape index (κ2) is 7.27. The van der Waals surface area contributed by atoms with Crippen molar-refractivity contribution in [2.24, 2.45) is 0 Å². The number of aryl methyl sites for hydroxylation is 1. The van der Waals surface area contributed by atoms with Crippen LogP contribution in [0.15, 0.2) is 18.2 Å². The Morgan fingerprint density at radius 3 is 2.86 bits per heavy atom. The highest BCUT2D eigenvalue weighted by molar-refractivity contribution is 7.91. The van der Waals surface area contributed by atoms with Gasteiger partial charge in [-0.25, -0.2) is 8.42 Å². The molecule has 5 heteroatoms. The molecule has 1 aliphatic carbocycles. The molecule has 21 heavy (non-hydrogen) atoms. The molecule has 1 N–H and O–H groups in total. The van der Waals surface area contributed by atoms with Crippen molar-refractivity contribution in [2.45, 2.75) is 39.2 Å². The number of hydrogen-bond donors (Lipinski definition) is 1. The zero-order valence-corrected chi connectivity index (χ0v) is 13.7. The van der Waals surface area contributed by atoms with Crippen LogP contribution in [0.25, 0.3) is 0 Å². The monoisotopic (exact) mass is 311 g/mol. The molecule has 1 atom stereocenters. The summed E-state index contributed by atoms with van der Waals surface area (Å²) in [6, 6.07) is 6.69. The third-order valence-electron chi connectivity index (χ3n) is 3.95. The minimum Gasteiger partial charge on any atom is -0.494 e. The molecule has 0 heterocycles. The molecule has 0 aliphatic heterocycles. The van der Waals surface area contributed by atoms with Gasteiger partial charge in [0, 0.05) is 11.8 Å². The van der Waals surface area contributed by atoms with Gasteiger partial charge in [-0.2, -0.15) is 0 Å². The Labute approximate surface area is 127 Å². The first-order valence-electron chi connectivity index (χ1n) is 7.75. The van der Waals surface area contributed by atoms with Crippen LogP contribution in [-0.2, 0) is 16.3 Å². The van der Waals surface area contributed by atoms with Crippen molar-refractivity contribution in [1.82, 2.24) is 5.32 Å². The van der Waals surface area contributed by atoms with Gasteiger partial charge in [-0.05, 0) is 49.1 Å². The number of sulfone groups is 1. The Morgan fingerprint density at radius 1 is 1.33 bits per heavy atom. The third kappa shape index (κ3) is 4.45. The van der Waals surface area contributed by atoms with E-state index in [0.29, 0.717) is 19.1 Å². The normalized spacial score (nSPS) is 17.7. The summed E-state index contributed by atoms with van der Waals surface area (Å²) in [6.45, 7) is 5.24. The lowest BCUT2D eigenvalue weighted by molar-refractivity contribution is 0.317. The van der Waals surface area contributed by atoms with Crippen molar-refractivity contribution in [3.8, 4) is 5.75 Å². The first-order valence-corrected chi connectivity index (χ1v) is 9.57. The summed E-state index contributed by atoms with van der Waals surface area (Å²) in [6.07, 6.45) is 2.77. The molecule has 0 bridgehead atoms. The molecule has 1 aromatic carbocycles. The van der Waals surface area contributed by atoms with Gasteiger partial charge in [0.15, 0.2) is 0 Å². The fraction of sp³-hybridized carbons (Fsp3) is 0.625. The quantitative estimate of drug-likeness (QED) is 0.749. The minimum absolute atomic E-state index is 0.205. The minimum atomic E-state index is -2.89. The number of benzene rings is 1. The molecule has 0 radical (unpaired) electrons. The van der Waals surface area contributed by atoms with Crippen LogP contribution in [0.3, 0.4) is 0 Å². The average molecular weight is 311 g/mol. The van der Waals surface area contributed by atoms with Crippen molar-refractivity contribution in [3.05, 3.63) is 29.3 Å². The fourth-order valence-corrected chi connectivity index (χ4v) is 3.60. The predicted octanol–water partition coefficient (Wildman–Crippen LogP) is 2.49. The van der Waals surface area contributed by atoms with Crippen molar-refractivity contribution < 1.29 is 13.2 Å². The molecule has 0 amide bonds. The average Bonchev–Trinajstić information content (AvgIpc) is 2.87. The van der Waals surface area contributed by atoms with Crippen LogP contribution in [0, 0.1) is 0 Å². The largest absolute Gasteiger partial charge is 0.494 e. The lowest BCUT2D eigenvalue weighted by Crippen LogP contribution is -2.18. The lowest BCUT2D eigenvalue weighted by Gasteiger charge is -2.13. The van der Waals surface area contributed by atoms with Crippen LogP contribution in [0.2, 0.25) is 0 Å². The first-order chi connectivity index (χ1) is 10.1. The Hall–Kier alpha value is -1.07. The molecule has 1 aromatic rings. The summed E-state index contributed by atoms with van der Waals surface area (Å²) >= 11 is 0. The van der Waals surface area contributed by atoms with Gasteiger partial charge in [-0.3, -0.25) is 0 Å². The molecule has 0 aromatic heterocycles. The molecular weight excluding hydrogens is 286 g/mol. The standard InChI is InChI=1S/C16H25NO3S/c1-3-17-16-9-6-13-12-14(7-8-15(13)16)20-10-5-11-21(18,19)4-2/h7-8,12,16-17H,3-6,9-11H2,1-2H3. The Bertz CT molecular complexity index is 569. The Morgan fingerprint density at radius 2 is 2.14 bits per heavy atom. The summed E-state index contributed by atoms with van der Waals surface area (Å²) in [4.78, 5) is 0. The number of ether oxygens (including phenoxy) is 1. The summed E-state index contributed by atoms with van der Waals surface area (Å²) < 4.78 is 28.5. The van der Waals surface area contributed by atoms with Gasteiger partial charge in [0.25, 0.3) is 0 Å². The van der Waals surface area contributed by atoms with E-state index >= 15 is 0 Å². The topological polar surface area (TPSA) is 55.4 Å². The van der Waals surface area contributed by atoms with Crippen molar-refractivity contribution in [1.29, 1.82) is 0 Å². The fourth-order valence-electron chi connectivity index (χ4n) is 2.76. The Balaban J connectivity index is 1.86. The van der Waals surface area contributed by atoms with Crippen LogP contribution < -0.4 is 10.1 Å². The first kappa shape index (κ1) is 16.3. The predicted molar refractivity (Wildman–Crippen MR) is 85.6 cm³/mol. The van der Waals surface area contributed by atoms with Crippen LogP contribution >= 0.6 is 0 Å². The van der Waals surface area contributed by atoms with Crippen LogP contribution in [0.5, 0.6) is 5.75 Å². The number of rotatable bonds is 8. The van der Waals surface area contributed by atoms with Gasteiger partial charge in [-0.1, -0.05) is 19.9 Å². The molecule has 0 fully saturated rings. The van der Waals surface area contributed by atoms with Crippen molar-refractivity contribution in [3.63, 3.8) is 0 Å². The molecular formula is C16H25NO3S. The van der Waals surface area contributed by atoms with Gasteiger partial charge >= 0.3 is 0 Å². The van der Waals surface area contributed by atoms with Crippen molar-refractivity contribution in [2.75, 3.05) is 24.7 Å². The third-order valence-corrected chi connectivity index (χ3v) is 5.74. The molecule has 2 rings (SSSR count). The van der Waals surface area contributed by atoms with E-state index in [1.165, 1.54) is 11.1 Å². The molecule has 4 nitrogen and oxygen atoms in total. The van der Waals surface area contributed by atoms with Crippen LogP contribution in [0.1, 0.15) is 43.9 Å². The maximum atomic E-state index is 11.4. The molecule has 0 saturated heterocycles. The zero-order chi connectivity index (χ0) is 15.3. The molecule has 1 aliphatic rings. The van der Waals surface area contributed by atoms with E-state index in [0.717, 1.165) is 25.1 Å². The second-order valence-corrected chi connectivity index (χ2v) is 7.92. The highest BCUT2D eigenvalue weighted by atomic mass is 32.2. The zero-order valence-electron chi connectivity index (χ0n) is 12.9. The van der Waals surface area contributed by atoms with E-state index in [4.69, 9.17) is 4.74 Å². The summed E-state index contributed by atoms with van der Waals surface area (Å²) in [7, 11) is -2.89. The van der Waals surface area contributed by atoms with E-state index in [1.807, 2.05) is 6.07 Å². The smallest absolute Gasteiger partial charge is 0.150 e. The van der Waals surface area contributed by atoms with Gasteiger partial charge in [0.2, 0.25) is 0 Å². The van der Waals surface area contributed by atoms with Crippen LogP contribution in [-0.4, -0.2) is 33.1 Å². The highest BCUT2D eigenvalue weighted by Gasteiger charge is 2.21. The van der Waals surface area contributed by atoms with Gasteiger partial charge in [0.05, 0.1) is 12.4 Å². The summed E-state index contributed by atoms with van der Waals surface area (Å²) in [5, 5.41) is 3.49. The maximum Gasteiger partial charge on any atom is 0.150 e. The number of hydrogen-bond acceptors (Lipinski definition) is 4. The van der Waals surface area contributed by atoms with Crippen molar-refractivity contribution >= 4 is 9.84 Å².